The Hall–Kier alpha value is -1.26. The Morgan fingerprint density at radius 3 is 2.28 bits per heavy atom. The van der Waals surface area contributed by atoms with Gasteiger partial charge in [-0.25, -0.2) is 0 Å². The molecule has 1 aromatic rings. The molecule has 1 atom stereocenters. The molecule has 158 valence electrons. The van der Waals surface area contributed by atoms with Gasteiger partial charge in [0.2, 0.25) is 11.8 Å². The van der Waals surface area contributed by atoms with E-state index in [-0.39, 0.29) is 11.8 Å². The van der Waals surface area contributed by atoms with Gasteiger partial charge >= 0.3 is 0 Å². The van der Waals surface area contributed by atoms with E-state index < -0.39 is 0 Å². The molecule has 3 fully saturated rings. The third-order valence-corrected chi connectivity index (χ3v) is 7.75. The molecule has 2 amide bonds. The van der Waals surface area contributed by atoms with Gasteiger partial charge in [-0.15, -0.1) is 0 Å². The van der Waals surface area contributed by atoms with E-state index in [1.54, 1.807) is 0 Å². The average Bonchev–Trinajstić information content (AvgIpc) is 3.36. The van der Waals surface area contributed by atoms with Crippen molar-refractivity contribution in [1.82, 2.24) is 9.80 Å². The Labute approximate surface area is 183 Å². The third-order valence-electron chi connectivity index (χ3n) is 7.04. The maximum atomic E-state index is 13.0. The lowest BCUT2D eigenvalue weighted by molar-refractivity contribution is -0.135. The predicted octanol–water partition coefficient (Wildman–Crippen LogP) is 4.96. The minimum atomic E-state index is -0.0260. The molecule has 0 bridgehead atoms. The molecule has 2 aliphatic heterocycles. The van der Waals surface area contributed by atoms with E-state index in [0.717, 1.165) is 70.1 Å². The summed E-state index contributed by atoms with van der Waals surface area (Å²) in [6.07, 6.45) is 8.61. The fraction of sp³-hybridized carbons (Fsp3) is 0.652. The normalized spacial score (nSPS) is 27.7. The summed E-state index contributed by atoms with van der Waals surface area (Å²) in [4.78, 5) is 29.6. The van der Waals surface area contributed by atoms with Crippen LogP contribution < -0.4 is 0 Å². The van der Waals surface area contributed by atoms with E-state index in [1.165, 1.54) is 0 Å². The summed E-state index contributed by atoms with van der Waals surface area (Å²) in [5.74, 6) is 1.04. The second-order valence-corrected chi connectivity index (χ2v) is 9.70. The zero-order valence-electron chi connectivity index (χ0n) is 16.9. The van der Waals surface area contributed by atoms with E-state index in [4.69, 9.17) is 23.2 Å². The van der Waals surface area contributed by atoms with Crippen LogP contribution in [0.25, 0.3) is 0 Å². The number of rotatable bonds is 5. The number of benzene rings is 1. The molecule has 1 unspecified atom stereocenters. The molecule has 29 heavy (non-hydrogen) atoms. The van der Waals surface area contributed by atoms with Crippen molar-refractivity contribution in [2.45, 2.75) is 63.8 Å². The molecule has 0 N–H and O–H groups in total. The molecule has 6 heteroatoms. The van der Waals surface area contributed by atoms with E-state index in [1.807, 2.05) is 23.1 Å². The summed E-state index contributed by atoms with van der Waals surface area (Å²) in [6, 6.07) is 5.84. The molecule has 2 saturated heterocycles. The van der Waals surface area contributed by atoms with Crippen LogP contribution in [-0.4, -0.2) is 47.3 Å². The Bertz CT molecular complexity index is 735. The predicted molar refractivity (Wildman–Crippen MR) is 116 cm³/mol. The highest BCUT2D eigenvalue weighted by molar-refractivity contribution is 6.36. The van der Waals surface area contributed by atoms with Gasteiger partial charge in [0.15, 0.2) is 0 Å². The van der Waals surface area contributed by atoms with Gasteiger partial charge in [0.1, 0.15) is 0 Å². The van der Waals surface area contributed by atoms with Crippen molar-refractivity contribution in [3.8, 4) is 0 Å². The lowest BCUT2D eigenvalue weighted by Gasteiger charge is -2.35. The van der Waals surface area contributed by atoms with Crippen LogP contribution in [0.3, 0.4) is 0 Å². The first-order valence-electron chi connectivity index (χ1n) is 11.0. The largest absolute Gasteiger partial charge is 0.343 e. The van der Waals surface area contributed by atoms with Gasteiger partial charge in [-0.1, -0.05) is 29.3 Å². The molecule has 4 nitrogen and oxygen atoms in total. The highest BCUT2D eigenvalue weighted by atomic mass is 35.5. The monoisotopic (exact) mass is 436 g/mol. The van der Waals surface area contributed by atoms with Crippen LogP contribution in [-0.2, 0) is 16.0 Å². The topological polar surface area (TPSA) is 40.6 Å². The van der Waals surface area contributed by atoms with Crippen molar-refractivity contribution < 1.29 is 9.59 Å². The van der Waals surface area contributed by atoms with Gasteiger partial charge in [0, 0.05) is 48.1 Å². The SMILES string of the molecule is O=C(CC1CCC(N2CCC(Cc3c(Cl)cccc3Cl)C2=O)CC1)N1CCCC1. The smallest absolute Gasteiger partial charge is 0.226 e. The van der Waals surface area contributed by atoms with Crippen molar-refractivity contribution in [2.24, 2.45) is 11.8 Å². The first-order valence-corrected chi connectivity index (χ1v) is 11.8. The number of carbonyl (C=O) groups excluding carboxylic acids is 2. The number of likely N-dealkylation sites (tertiary alicyclic amines) is 2. The minimum Gasteiger partial charge on any atom is -0.343 e. The zero-order chi connectivity index (χ0) is 20.4. The molecule has 4 rings (SSSR count). The van der Waals surface area contributed by atoms with Crippen LogP contribution in [0, 0.1) is 11.8 Å². The Morgan fingerprint density at radius 1 is 0.966 bits per heavy atom. The standard InChI is InChI=1S/C23H30Cl2N2O2/c24-20-4-3-5-21(25)19(20)15-17-10-13-27(23(17)29)18-8-6-16(7-9-18)14-22(28)26-11-1-2-12-26/h3-5,16-18H,1-2,6-15H2. The Kier molecular flexibility index (Phi) is 6.70. The van der Waals surface area contributed by atoms with Gasteiger partial charge in [0.25, 0.3) is 0 Å². The fourth-order valence-corrected chi connectivity index (χ4v) is 5.84. The summed E-state index contributed by atoms with van der Waals surface area (Å²) in [5.41, 5.74) is 0.889. The molecule has 1 aromatic carbocycles. The second kappa shape index (κ2) is 9.26. The summed E-state index contributed by atoms with van der Waals surface area (Å²) in [6.45, 7) is 2.70. The van der Waals surface area contributed by atoms with Crippen LogP contribution in [0.2, 0.25) is 10.0 Å². The lowest BCUT2D eigenvalue weighted by atomic mass is 9.83. The van der Waals surface area contributed by atoms with Gasteiger partial charge in [0.05, 0.1) is 0 Å². The van der Waals surface area contributed by atoms with Crippen molar-refractivity contribution in [3.63, 3.8) is 0 Å². The van der Waals surface area contributed by atoms with Crippen LogP contribution >= 0.6 is 23.2 Å². The van der Waals surface area contributed by atoms with Gasteiger partial charge < -0.3 is 9.80 Å². The molecule has 1 aliphatic carbocycles. The van der Waals surface area contributed by atoms with Gasteiger partial charge in [-0.2, -0.15) is 0 Å². The van der Waals surface area contributed by atoms with E-state index >= 15 is 0 Å². The van der Waals surface area contributed by atoms with Gasteiger partial charge in [-0.3, -0.25) is 9.59 Å². The fourth-order valence-electron chi connectivity index (χ4n) is 5.29. The molecule has 0 radical (unpaired) electrons. The summed E-state index contributed by atoms with van der Waals surface area (Å²) < 4.78 is 0. The van der Waals surface area contributed by atoms with Crippen LogP contribution in [0.5, 0.6) is 0 Å². The molecule has 0 spiro atoms. The van der Waals surface area contributed by atoms with Crippen LogP contribution in [0.4, 0.5) is 0 Å². The summed E-state index contributed by atoms with van der Waals surface area (Å²) >= 11 is 12.6. The Morgan fingerprint density at radius 2 is 1.62 bits per heavy atom. The number of hydrogen-bond acceptors (Lipinski definition) is 2. The van der Waals surface area contributed by atoms with Crippen molar-refractivity contribution in [1.29, 1.82) is 0 Å². The Balaban J connectivity index is 1.28. The highest BCUT2D eigenvalue weighted by Crippen LogP contribution is 2.36. The zero-order valence-corrected chi connectivity index (χ0v) is 18.4. The second-order valence-electron chi connectivity index (χ2n) is 8.89. The van der Waals surface area contributed by atoms with Crippen LogP contribution in [0.15, 0.2) is 18.2 Å². The molecule has 0 aromatic heterocycles. The maximum absolute atomic E-state index is 13.0. The van der Waals surface area contributed by atoms with Crippen LogP contribution in [0.1, 0.15) is 56.9 Å². The first kappa shape index (κ1) is 21.0. The highest BCUT2D eigenvalue weighted by Gasteiger charge is 2.38. The van der Waals surface area contributed by atoms with E-state index in [2.05, 4.69) is 4.90 Å². The number of amides is 2. The summed E-state index contributed by atoms with van der Waals surface area (Å²) in [5, 5.41) is 1.29. The van der Waals surface area contributed by atoms with Crippen molar-refractivity contribution >= 4 is 35.0 Å². The third kappa shape index (κ3) is 4.74. The number of halogens is 2. The molecular formula is C23H30Cl2N2O2. The molecule has 1 saturated carbocycles. The maximum Gasteiger partial charge on any atom is 0.226 e. The summed E-state index contributed by atoms with van der Waals surface area (Å²) in [7, 11) is 0. The number of hydrogen-bond donors (Lipinski definition) is 0. The molecule has 2 heterocycles. The van der Waals surface area contributed by atoms with Crippen molar-refractivity contribution in [3.05, 3.63) is 33.8 Å². The number of nitrogens with zero attached hydrogens (tertiary/aromatic N) is 2. The molecular weight excluding hydrogens is 407 g/mol. The average molecular weight is 437 g/mol. The quantitative estimate of drug-likeness (QED) is 0.654. The number of carbonyl (C=O) groups is 2. The molecule has 3 aliphatic rings. The minimum absolute atomic E-state index is 0.0260. The van der Waals surface area contributed by atoms with E-state index in [9.17, 15) is 9.59 Å². The van der Waals surface area contributed by atoms with E-state index in [0.29, 0.717) is 40.8 Å². The lowest BCUT2D eigenvalue weighted by Crippen LogP contribution is -2.40. The first-order chi connectivity index (χ1) is 14.0. The van der Waals surface area contributed by atoms with Crippen molar-refractivity contribution in [2.75, 3.05) is 19.6 Å². The van der Waals surface area contributed by atoms with Gasteiger partial charge in [-0.05, 0) is 75.0 Å².